The number of nitrogens with one attached hydrogen (secondary N) is 1. The molecule has 0 atom stereocenters. The molecule has 1 aromatic carbocycles. The summed E-state index contributed by atoms with van der Waals surface area (Å²) in [5, 5.41) is 3.19. The van der Waals surface area contributed by atoms with Crippen molar-refractivity contribution < 1.29 is 4.74 Å². The largest absolute Gasteiger partial charge is 0.494 e. The minimum Gasteiger partial charge on any atom is -0.494 e. The molecule has 0 saturated heterocycles. The van der Waals surface area contributed by atoms with Crippen molar-refractivity contribution in [1.82, 2.24) is 9.97 Å². The van der Waals surface area contributed by atoms with Gasteiger partial charge in [0, 0.05) is 22.6 Å². The Labute approximate surface area is 124 Å². The zero-order valence-electron chi connectivity index (χ0n) is 11.9. The van der Waals surface area contributed by atoms with Gasteiger partial charge in [0.2, 0.25) is 5.95 Å². The monoisotopic (exact) mass is 291 g/mol. The summed E-state index contributed by atoms with van der Waals surface area (Å²) in [6.45, 7) is 6.47. The van der Waals surface area contributed by atoms with Crippen LogP contribution in [0.25, 0.3) is 0 Å². The number of aryl methyl sites for hydroxylation is 2. The van der Waals surface area contributed by atoms with E-state index in [0.29, 0.717) is 18.4 Å². The van der Waals surface area contributed by atoms with Crippen molar-refractivity contribution in [3.05, 3.63) is 41.2 Å². The number of aromatic nitrogens is 2. The van der Waals surface area contributed by atoms with Gasteiger partial charge in [-0.05, 0) is 45.0 Å². The van der Waals surface area contributed by atoms with Crippen molar-refractivity contribution in [2.75, 3.05) is 11.9 Å². The molecule has 4 nitrogen and oxygen atoms in total. The first kappa shape index (κ1) is 14.6. The fraction of sp³-hybridized carbons (Fsp3) is 0.333. The summed E-state index contributed by atoms with van der Waals surface area (Å²) in [6, 6.07) is 7.74. The van der Waals surface area contributed by atoms with Crippen molar-refractivity contribution in [1.29, 1.82) is 0 Å². The van der Waals surface area contributed by atoms with E-state index in [4.69, 9.17) is 16.3 Å². The summed E-state index contributed by atoms with van der Waals surface area (Å²) in [5.74, 6) is 1.81. The molecule has 0 amide bonds. The van der Waals surface area contributed by atoms with Crippen LogP contribution in [0.5, 0.6) is 5.75 Å². The number of halogens is 1. The van der Waals surface area contributed by atoms with E-state index in [2.05, 4.69) is 15.3 Å². The lowest BCUT2D eigenvalue weighted by molar-refractivity contribution is 0.337. The molecule has 0 aliphatic rings. The number of alkyl halides is 1. The van der Waals surface area contributed by atoms with E-state index in [9.17, 15) is 0 Å². The van der Waals surface area contributed by atoms with Gasteiger partial charge in [0.25, 0.3) is 0 Å². The molecule has 0 saturated carbocycles. The molecule has 5 heteroatoms. The molecular formula is C15H18ClN3O. The second-order valence-electron chi connectivity index (χ2n) is 4.49. The number of ether oxygens (including phenoxy) is 1. The van der Waals surface area contributed by atoms with E-state index >= 15 is 0 Å². The number of hydrogen-bond acceptors (Lipinski definition) is 4. The number of nitrogens with zero attached hydrogens (tertiary/aromatic N) is 2. The molecule has 20 heavy (non-hydrogen) atoms. The average molecular weight is 292 g/mol. The predicted molar refractivity (Wildman–Crippen MR) is 82.0 cm³/mol. The molecule has 0 aliphatic heterocycles. The molecule has 0 spiro atoms. The molecule has 106 valence electrons. The number of anilines is 2. The van der Waals surface area contributed by atoms with Crippen molar-refractivity contribution in [3.8, 4) is 5.75 Å². The van der Waals surface area contributed by atoms with Gasteiger partial charge in [-0.3, -0.25) is 0 Å². The van der Waals surface area contributed by atoms with E-state index in [1.165, 1.54) is 0 Å². The lowest BCUT2D eigenvalue weighted by Gasteiger charge is -2.11. The minimum absolute atomic E-state index is 0.401. The summed E-state index contributed by atoms with van der Waals surface area (Å²) in [6.07, 6.45) is 0. The van der Waals surface area contributed by atoms with E-state index in [-0.39, 0.29) is 0 Å². The van der Waals surface area contributed by atoms with Gasteiger partial charge in [0.1, 0.15) is 5.75 Å². The van der Waals surface area contributed by atoms with Crippen LogP contribution in [0.2, 0.25) is 0 Å². The maximum absolute atomic E-state index is 5.95. The molecule has 0 unspecified atom stereocenters. The smallest absolute Gasteiger partial charge is 0.227 e. The number of hydrogen-bond donors (Lipinski definition) is 1. The highest BCUT2D eigenvalue weighted by atomic mass is 35.5. The van der Waals surface area contributed by atoms with E-state index in [0.717, 1.165) is 28.4 Å². The van der Waals surface area contributed by atoms with Gasteiger partial charge in [-0.25, -0.2) is 9.97 Å². The zero-order valence-corrected chi connectivity index (χ0v) is 12.7. The molecule has 0 bridgehead atoms. The van der Waals surface area contributed by atoms with Crippen LogP contribution in [0.1, 0.15) is 23.9 Å². The topological polar surface area (TPSA) is 47.0 Å². The SMILES string of the molecule is CCOc1ccc(Nc2nc(C)cc(C)n2)cc1CCl. The summed E-state index contributed by atoms with van der Waals surface area (Å²) in [7, 11) is 0. The lowest BCUT2D eigenvalue weighted by atomic mass is 10.2. The average Bonchev–Trinajstić information content (AvgIpc) is 2.39. The summed E-state index contributed by atoms with van der Waals surface area (Å²) in [5.41, 5.74) is 3.71. The highest BCUT2D eigenvalue weighted by Crippen LogP contribution is 2.25. The quantitative estimate of drug-likeness (QED) is 0.847. The Morgan fingerprint density at radius 3 is 2.45 bits per heavy atom. The van der Waals surface area contributed by atoms with Crippen LogP contribution in [0.4, 0.5) is 11.6 Å². The third-order valence-electron chi connectivity index (χ3n) is 2.74. The van der Waals surface area contributed by atoms with Crippen LogP contribution >= 0.6 is 11.6 Å². The second-order valence-corrected chi connectivity index (χ2v) is 4.76. The Morgan fingerprint density at radius 1 is 1.15 bits per heavy atom. The first-order chi connectivity index (χ1) is 9.62. The van der Waals surface area contributed by atoms with E-state index < -0.39 is 0 Å². The van der Waals surface area contributed by atoms with Gasteiger partial charge in [0.15, 0.2) is 0 Å². The Morgan fingerprint density at radius 2 is 1.85 bits per heavy atom. The third kappa shape index (κ3) is 3.61. The van der Waals surface area contributed by atoms with Gasteiger partial charge in [-0.15, -0.1) is 11.6 Å². The van der Waals surface area contributed by atoms with E-state index in [1.807, 2.05) is 45.0 Å². The lowest BCUT2D eigenvalue weighted by Crippen LogP contribution is -2.01. The fourth-order valence-electron chi connectivity index (χ4n) is 1.97. The Kier molecular flexibility index (Phi) is 4.79. The summed E-state index contributed by atoms with van der Waals surface area (Å²) >= 11 is 5.95. The summed E-state index contributed by atoms with van der Waals surface area (Å²) in [4.78, 5) is 8.71. The van der Waals surface area contributed by atoms with Crippen LogP contribution in [-0.2, 0) is 5.88 Å². The molecule has 0 aliphatic carbocycles. The van der Waals surface area contributed by atoms with Gasteiger partial charge in [-0.1, -0.05) is 0 Å². The zero-order chi connectivity index (χ0) is 14.5. The fourth-order valence-corrected chi connectivity index (χ4v) is 2.18. The molecule has 0 fully saturated rings. The van der Waals surface area contributed by atoms with Crippen molar-refractivity contribution in [2.24, 2.45) is 0 Å². The van der Waals surface area contributed by atoms with Crippen LogP contribution < -0.4 is 10.1 Å². The van der Waals surface area contributed by atoms with Gasteiger partial charge in [0.05, 0.1) is 12.5 Å². The van der Waals surface area contributed by atoms with Gasteiger partial charge in [-0.2, -0.15) is 0 Å². The van der Waals surface area contributed by atoms with Crippen molar-refractivity contribution in [2.45, 2.75) is 26.7 Å². The van der Waals surface area contributed by atoms with Gasteiger partial charge >= 0.3 is 0 Å². The van der Waals surface area contributed by atoms with Crippen LogP contribution in [0, 0.1) is 13.8 Å². The number of rotatable bonds is 5. The third-order valence-corrected chi connectivity index (χ3v) is 3.03. The maximum Gasteiger partial charge on any atom is 0.227 e. The highest BCUT2D eigenvalue weighted by Gasteiger charge is 2.06. The van der Waals surface area contributed by atoms with Crippen LogP contribution in [-0.4, -0.2) is 16.6 Å². The summed E-state index contributed by atoms with van der Waals surface area (Å²) < 4.78 is 5.53. The van der Waals surface area contributed by atoms with Crippen LogP contribution in [0.3, 0.4) is 0 Å². The Balaban J connectivity index is 2.25. The molecule has 2 aromatic rings. The molecule has 1 heterocycles. The van der Waals surface area contributed by atoms with Crippen LogP contribution in [0.15, 0.2) is 24.3 Å². The molecule has 2 rings (SSSR count). The first-order valence-corrected chi connectivity index (χ1v) is 7.07. The number of benzene rings is 1. The minimum atomic E-state index is 0.401. The van der Waals surface area contributed by atoms with Crippen molar-refractivity contribution in [3.63, 3.8) is 0 Å². The predicted octanol–water partition coefficient (Wildman–Crippen LogP) is 3.97. The molecule has 1 aromatic heterocycles. The normalized spacial score (nSPS) is 10.4. The molecule has 1 N–H and O–H groups in total. The van der Waals surface area contributed by atoms with E-state index in [1.54, 1.807) is 0 Å². The van der Waals surface area contributed by atoms with Gasteiger partial charge < -0.3 is 10.1 Å². The second kappa shape index (κ2) is 6.57. The Bertz CT molecular complexity index is 581. The van der Waals surface area contributed by atoms with Crippen molar-refractivity contribution >= 4 is 23.2 Å². The first-order valence-electron chi connectivity index (χ1n) is 6.53. The molecule has 0 radical (unpaired) electrons. The maximum atomic E-state index is 5.95. The standard InChI is InChI=1S/C15H18ClN3O/c1-4-20-14-6-5-13(8-12(14)9-16)19-15-17-10(2)7-11(3)18-15/h5-8H,4,9H2,1-3H3,(H,17,18,19). The molecular weight excluding hydrogens is 274 g/mol. The Hall–Kier alpha value is -1.81. The highest BCUT2D eigenvalue weighted by molar-refractivity contribution is 6.17.